The molecule has 0 aromatic carbocycles. The third kappa shape index (κ3) is 8.19. The van der Waals surface area contributed by atoms with Gasteiger partial charge in [0.05, 0.1) is 72.5 Å². The Labute approximate surface area is 371 Å². The second kappa shape index (κ2) is 17.4. The van der Waals surface area contributed by atoms with Crippen LogP contribution in [0.1, 0.15) is 180 Å². The number of imide groups is 2. The van der Waals surface area contributed by atoms with Gasteiger partial charge in [0.25, 0.3) is 0 Å². The standard InChI is InChI=1S/C52H78N2O8/c1-30-3-7-38(8-4-30)62-47-20-17-41(26-46(47)52-27-31-21-32(28-52)23-33(22-31)29-52)61-35-9-5-34(6-10-35)54-50(57)43-19-16-40(25-45(43)51(54)58)60-37-13-11-36(12-14-37)59-39-15-18-42-44(24-39)49(56)53(2)48(42)55/h30-47H,3-29H2,1-2H3. The highest BCUT2D eigenvalue weighted by molar-refractivity contribution is 6.06. The summed E-state index contributed by atoms with van der Waals surface area (Å²) in [7, 11) is 1.61. The van der Waals surface area contributed by atoms with Crippen LogP contribution in [0.2, 0.25) is 0 Å². The number of carbonyl (C=O) groups is 4. The van der Waals surface area contributed by atoms with Crippen LogP contribution in [0.3, 0.4) is 0 Å². The van der Waals surface area contributed by atoms with Gasteiger partial charge in [-0.1, -0.05) is 6.92 Å². The topological polar surface area (TPSA) is 112 Å². The number of hydrogen-bond acceptors (Lipinski definition) is 8. The van der Waals surface area contributed by atoms with Gasteiger partial charge in [-0.25, -0.2) is 0 Å². The zero-order valence-electron chi connectivity index (χ0n) is 38.1. The zero-order chi connectivity index (χ0) is 42.3. The van der Waals surface area contributed by atoms with Crippen LogP contribution in [0.25, 0.3) is 0 Å². The number of fused-ring (bicyclic) bond motifs is 2. The molecule has 2 saturated heterocycles. The van der Waals surface area contributed by atoms with Crippen LogP contribution in [0.4, 0.5) is 0 Å². The van der Waals surface area contributed by atoms with Crippen molar-refractivity contribution >= 4 is 23.6 Å². The number of nitrogens with zero attached hydrogens (tertiary/aromatic N) is 2. The fraction of sp³-hybridized carbons (Fsp3) is 0.923. The van der Waals surface area contributed by atoms with Crippen molar-refractivity contribution in [2.45, 2.75) is 235 Å². The minimum absolute atomic E-state index is 0.000421. The molecule has 10 aliphatic carbocycles. The molecule has 4 bridgehead atoms. The van der Waals surface area contributed by atoms with E-state index in [-0.39, 0.29) is 83.9 Å². The molecule has 9 unspecified atom stereocenters. The maximum absolute atomic E-state index is 14.1. The van der Waals surface area contributed by atoms with Gasteiger partial charge in [0, 0.05) is 13.1 Å². The van der Waals surface area contributed by atoms with Crippen LogP contribution < -0.4 is 0 Å². The van der Waals surface area contributed by atoms with Crippen molar-refractivity contribution in [1.82, 2.24) is 9.80 Å². The SMILES string of the molecule is CC1CCC(OC2CCC(OC3CCC(N4C(=O)C5CCC(OC6CCC(OC7CCC8C(=O)N(C)C(=O)C8C7)CC6)CC5C4=O)CC3)CC2C23CC4CC(CC(C4)C2)C3)CC1. The Morgan fingerprint density at radius 1 is 0.419 bits per heavy atom. The number of hydrogen-bond donors (Lipinski definition) is 0. The maximum atomic E-state index is 14.1. The van der Waals surface area contributed by atoms with E-state index in [1.807, 2.05) is 0 Å². The fourth-order valence-electron chi connectivity index (χ4n) is 16.9. The Morgan fingerprint density at radius 3 is 1.39 bits per heavy atom. The van der Waals surface area contributed by atoms with Gasteiger partial charge in [-0.15, -0.1) is 0 Å². The molecule has 4 amide bonds. The van der Waals surface area contributed by atoms with Crippen LogP contribution >= 0.6 is 0 Å². The van der Waals surface area contributed by atoms with Gasteiger partial charge < -0.3 is 18.9 Å². The largest absolute Gasteiger partial charge is 0.375 e. The average molecular weight is 859 g/mol. The lowest BCUT2D eigenvalue weighted by molar-refractivity contribution is -0.182. The molecule has 10 saturated carbocycles. The molecule has 12 fully saturated rings. The van der Waals surface area contributed by atoms with Crippen LogP contribution in [0.5, 0.6) is 0 Å². The van der Waals surface area contributed by atoms with Gasteiger partial charge in [0.1, 0.15) is 0 Å². The van der Waals surface area contributed by atoms with E-state index in [9.17, 15) is 19.2 Å². The van der Waals surface area contributed by atoms with E-state index in [0.717, 1.165) is 120 Å². The molecule has 0 aromatic heterocycles. The molecule has 10 nitrogen and oxygen atoms in total. The smallest absolute Gasteiger partial charge is 0.233 e. The first kappa shape index (κ1) is 42.7. The van der Waals surface area contributed by atoms with Crippen LogP contribution in [0, 0.1) is 58.7 Å². The van der Waals surface area contributed by atoms with E-state index in [0.29, 0.717) is 42.5 Å². The number of rotatable bonds is 10. The number of carbonyl (C=O) groups excluding carboxylic acids is 4. The highest BCUT2D eigenvalue weighted by atomic mass is 16.5. The molecule has 9 atom stereocenters. The van der Waals surface area contributed by atoms with Crippen molar-refractivity contribution in [2.24, 2.45) is 58.7 Å². The molecular weight excluding hydrogens is 781 g/mol. The van der Waals surface area contributed by atoms with E-state index >= 15 is 0 Å². The summed E-state index contributed by atoms with van der Waals surface area (Å²) >= 11 is 0. The number of amides is 4. The minimum atomic E-state index is -0.245. The normalized spacial score (nSPS) is 49.4. The molecule has 2 aliphatic heterocycles. The predicted molar refractivity (Wildman–Crippen MR) is 232 cm³/mol. The average Bonchev–Trinajstić information content (AvgIpc) is 3.64. The molecule has 10 heteroatoms. The first-order chi connectivity index (χ1) is 30.1. The minimum Gasteiger partial charge on any atom is -0.375 e. The van der Waals surface area contributed by atoms with Crippen molar-refractivity contribution in [3.8, 4) is 0 Å². The van der Waals surface area contributed by atoms with Crippen molar-refractivity contribution < 1.29 is 38.1 Å². The third-order valence-corrected chi connectivity index (χ3v) is 19.7. The Balaban J connectivity index is 0.644. The molecular formula is C52H78N2O8. The summed E-state index contributed by atoms with van der Waals surface area (Å²) in [6.07, 6.45) is 30.8. The molecule has 0 N–H and O–H groups in total. The van der Waals surface area contributed by atoms with Crippen molar-refractivity contribution in [2.75, 3.05) is 7.05 Å². The Bertz CT molecular complexity index is 1640. The van der Waals surface area contributed by atoms with Crippen LogP contribution in [-0.2, 0) is 38.1 Å². The summed E-state index contributed by atoms with van der Waals surface area (Å²) < 4.78 is 27.5. The van der Waals surface area contributed by atoms with Crippen molar-refractivity contribution in [3.05, 3.63) is 0 Å². The molecule has 62 heavy (non-hydrogen) atoms. The monoisotopic (exact) mass is 859 g/mol. The first-order valence-corrected chi connectivity index (χ1v) is 26.4. The number of ether oxygens (including phenoxy) is 4. The highest BCUT2D eigenvalue weighted by Gasteiger charge is 2.58. The van der Waals surface area contributed by atoms with Crippen molar-refractivity contribution in [3.63, 3.8) is 0 Å². The lowest BCUT2D eigenvalue weighted by Gasteiger charge is -2.62. The van der Waals surface area contributed by atoms with E-state index < -0.39 is 0 Å². The zero-order valence-corrected chi connectivity index (χ0v) is 38.1. The lowest BCUT2D eigenvalue weighted by Crippen LogP contribution is -2.55. The van der Waals surface area contributed by atoms with E-state index in [1.165, 1.54) is 69.1 Å². The maximum Gasteiger partial charge on any atom is 0.233 e. The molecule has 0 radical (unpaired) electrons. The second-order valence-corrected chi connectivity index (χ2v) is 23.7. The summed E-state index contributed by atoms with van der Waals surface area (Å²) in [5.41, 5.74) is 0.466. The predicted octanol–water partition coefficient (Wildman–Crippen LogP) is 8.94. The van der Waals surface area contributed by atoms with Gasteiger partial charge in [-0.05, 0) is 208 Å². The number of likely N-dealkylation sites (tertiary alicyclic amines) is 2. The summed E-state index contributed by atoms with van der Waals surface area (Å²) in [6.45, 7) is 2.41. The summed E-state index contributed by atoms with van der Waals surface area (Å²) in [4.78, 5) is 56.1. The second-order valence-electron chi connectivity index (χ2n) is 23.7. The third-order valence-electron chi connectivity index (χ3n) is 19.7. The molecule has 12 rings (SSSR count). The van der Waals surface area contributed by atoms with Gasteiger partial charge in [0.15, 0.2) is 0 Å². The Hall–Kier alpha value is -1.88. The quantitative estimate of drug-likeness (QED) is 0.200. The highest BCUT2D eigenvalue weighted by Crippen LogP contribution is 2.65. The summed E-state index contributed by atoms with van der Waals surface area (Å²) in [5.74, 6) is 3.57. The van der Waals surface area contributed by atoms with Gasteiger partial charge in [-0.2, -0.15) is 0 Å². The molecule has 2 heterocycles. The van der Waals surface area contributed by atoms with Gasteiger partial charge >= 0.3 is 0 Å². The molecule has 12 aliphatic rings. The van der Waals surface area contributed by atoms with E-state index in [2.05, 4.69) is 6.92 Å². The van der Waals surface area contributed by atoms with Crippen LogP contribution in [0.15, 0.2) is 0 Å². The fourth-order valence-corrected chi connectivity index (χ4v) is 16.9. The first-order valence-electron chi connectivity index (χ1n) is 26.4. The summed E-state index contributed by atoms with van der Waals surface area (Å²) in [6, 6.07) is 0.000421. The molecule has 0 aromatic rings. The van der Waals surface area contributed by atoms with E-state index in [4.69, 9.17) is 18.9 Å². The summed E-state index contributed by atoms with van der Waals surface area (Å²) in [5, 5.41) is 0. The van der Waals surface area contributed by atoms with Crippen molar-refractivity contribution in [1.29, 1.82) is 0 Å². The van der Waals surface area contributed by atoms with Gasteiger partial charge in [-0.3, -0.25) is 29.0 Å². The Kier molecular flexibility index (Phi) is 12.0. The molecule has 0 spiro atoms. The lowest BCUT2D eigenvalue weighted by atomic mass is 9.45. The Morgan fingerprint density at radius 2 is 0.823 bits per heavy atom. The van der Waals surface area contributed by atoms with Crippen LogP contribution in [-0.4, -0.2) is 95.3 Å². The molecule has 344 valence electrons. The van der Waals surface area contributed by atoms with Gasteiger partial charge in [0.2, 0.25) is 23.6 Å². The van der Waals surface area contributed by atoms with E-state index in [1.54, 1.807) is 11.9 Å².